The van der Waals surface area contributed by atoms with Gasteiger partial charge in [-0.25, -0.2) is 0 Å². The summed E-state index contributed by atoms with van der Waals surface area (Å²) < 4.78 is 5.70. The molecule has 1 heterocycles. The van der Waals surface area contributed by atoms with Crippen molar-refractivity contribution >= 4 is 17.1 Å². The van der Waals surface area contributed by atoms with E-state index < -0.39 is 0 Å². The van der Waals surface area contributed by atoms with Crippen LogP contribution < -0.4 is 11.1 Å². The van der Waals surface area contributed by atoms with Gasteiger partial charge in [-0.2, -0.15) is 4.98 Å². The highest BCUT2D eigenvalue weighted by Gasteiger charge is 2.06. The smallest absolute Gasteiger partial charge is 0.295 e. The number of rotatable bonds is 13. The lowest BCUT2D eigenvalue weighted by Crippen LogP contribution is -2.08. The third kappa shape index (κ3) is 6.52. The van der Waals surface area contributed by atoms with Crippen molar-refractivity contribution in [2.45, 2.75) is 71.1 Å². The summed E-state index contributed by atoms with van der Waals surface area (Å²) in [6.07, 6.45) is 12.9. The number of nitrogens with one attached hydrogen (secondary N) is 1. The van der Waals surface area contributed by atoms with Crippen LogP contribution in [-0.4, -0.2) is 18.1 Å². The summed E-state index contributed by atoms with van der Waals surface area (Å²) in [4.78, 5) is 4.51. The van der Waals surface area contributed by atoms with Crippen LogP contribution >= 0.6 is 0 Å². The molecule has 0 radical (unpaired) electrons. The lowest BCUT2D eigenvalue weighted by atomic mass is 10.0. The molecule has 0 saturated carbocycles. The minimum absolute atomic E-state index is 0.600. The SMILES string of the molecule is CCCCCCCCCCc1ccc2oc(NCCCN)nc2c1. The van der Waals surface area contributed by atoms with Crippen LogP contribution in [-0.2, 0) is 6.42 Å². The number of benzene rings is 1. The van der Waals surface area contributed by atoms with E-state index >= 15 is 0 Å². The molecule has 2 aromatic rings. The fraction of sp³-hybridized carbons (Fsp3) is 0.650. The number of aryl methyl sites for hydroxylation is 1. The van der Waals surface area contributed by atoms with Gasteiger partial charge in [0, 0.05) is 6.54 Å². The summed E-state index contributed by atoms with van der Waals surface area (Å²) in [7, 11) is 0. The maximum absolute atomic E-state index is 5.70. The van der Waals surface area contributed by atoms with E-state index in [4.69, 9.17) is 10.2 Å². The number of nitrogens with zero attached hydrogens (tertiary/aromatic N) is 1. The van der Waals surface area contributed by atoms with Crippen molar-refractivity contribution in [2.75, 3.05) is 18.4 Å². The van der Waals surface area contributed by atoms with Gasteiger partial charge in [-0.15, -0.1) is 0 Å². The summed E-state index contributed by atoms with van der Waals surface area (Å²) in [6.45, 7) is 3.75. The molecule has 0 atom stereocenters. The standard InChI is InChI=1S/C20H33N3O/c1-2-3-4-5-6-7-8-9-11-17-12-13-19-18(16-17)23-20(24-19)22-15-10-14-21/h12-13,16H,2-11,14-15,21H2,1H3,(H,22,23). The molecular formula is C20H33N3O. The minimum atomic E-state index is 0.600. The van der Waals surface area contributed by atoms with Crippen LogP contribution in [0.4, 0.5) is 6.01 Å². The Morgan fingerprint density at radius 3 is 2.50 bits per heavy atom. The van der Waals surface area contributed by atoms with Gasteiger partial charge in [-0.1, -0.05) is 57.9 Å². The number of hydrogen-bond acceptors (Lipinski definition) is 4. The highest BCUT2D eigenvalue weighted by Crippen LogP contribution is 2.21. The van der Waals surface area contributed by atoms with Gasteiger partial charge in [0.15, 0.2) is 5.58 Å². The van der Waals surface area contributed by atoms with Gasteiger partial charge in [-0.05, 0) is 43.5 Å². The normalized spacial score (nSPS) is 11.2. The highest BCUT2D eigenvalue weighted by molar-refractivity contribution is 5.75. The minimum Gasteiger partial charge on any atom is -0.424 e. The maximum Gasteiger partial charge on any atom is 0.295 e. The first-order valence-corrected chi connectivity index (χ1v) is 9.67. The lowest BCUT2D eigenvalue weighted by molar-refractivity contribution is 0.575. The van der Waals surface area contributed by atoms with E-state index in [-0.39, 0.29) is 0 Å². The predicted octanol–water partition coefficient (Wildman–Crippen LogP) is 5.27. The Morgan fingerprint density at radius 1 is 1.00 bits per heavy atom. The van der Waals surface area contributed by atoms with Crippen LogP contribution in [0.3, 0.4) is 0 Å². The van der Waals surface area contributed by atoms with Gasteiger partial charge in [0.2, 0.25) is 0 Å². The molecular weight excluding hydrogens is 298 g/mol. The molecule has 1 aromatic carbocycles. The molecule has 0 unspecified atom stereocenters. The molecule has 3 N–H and O–H groups in total. The Labute approximate surface area is 146 Å². The second-order valence-electron chi connectivity index (χ2n) is 6.61. The molecule has 0 spiro atoms. The van der Waals surface area contributed by atoms with E-state index in [1.54, 1.807) is 0 Å². The summed E-state index contributed by atoms with van der Waals surface area (Å²) in [6, 6.07) is 6.96. The lowest BCUT2D eigenvalue weighted by Gasteiger charge is -2.02. The average Bonchev–Trinajstić information content (AvgIpc) is 2.99. The van der Waals surface area contributed by atoms with Crippen LogP contribution in [0.15, 0.2) is 22.6 Å². The molecule has 0 saturated heterocycles. The van der Waals surface area contributed by atoms with Crippen molar-refractivity contribution in [3.63, 3.8) is 0 Å². The zero-order valence-corrected chi connectivity index (χ0v) is 15.2. The second kappa shape index (κ2) is 11.1. The van der Waals surface area contributed by atoms with Gasteiger partial charge in [-0.3, -0.25) is 0 Å². The second-order valence-corrected chi connectivity index (χ2v) is 6.61. The zero-order valence-electron chi connectivity index (χ0n) is 15.2. The van der Waals surface area contributed by atoms with Crippen molar-refractivity contribution in [3.8, 4) is 0 Å². The van der Waals surface area contributed by atoms with E-state index in [0.717, 1.165) is 30.5 Å². The molecule has 0 amide bonds. The number of hydrogen-bond donors (Lipinski definition) is 2. The summed E-state index contributed by atoms with van der Waals surface area (Å²) in [5, 5.41) is 3.18. The molecule has 4 heteroatoms. The molecule has 1 aromatic heterocycles. The van der Waals surface area contributed by atoms with Gasteiger partial charge in [0.1, 0.15) is 5.52 Å². The van der Waals surface area contributed by atoms with Crippen molar-refractivity contribution in [3.05, 3.63) is 23.8 Å². The zero-order chi connectivity index (χ0) is 17.0. The molecule has 0 fully saturated rings. The first kappa shape index (κ1) is 18.8. The predicted molar refractivity (Wildman–Crippen MR) is 102 cm³/mol. The quantitative estimate of drug-likeness (QED) is 0.491. The van der Waals surface area contributed by atoms with Crippen molar-refractivity contribution in [1.29, 1.82) is 0 Å². The van der Waals surface area contributed by atoms with Crippen LogP contribution in [0.2, 0.25) is 0 Å². The Hall–Kier alpha value is -1.55. The maximum atomic E-state index is 5.70. The van der Waals surface area contributed by atoms with E-state index in [9.17, 15) is 0 Å². The Kier molecular flexibility index (Phi) is 8.67. The van der Waals surface area contributed by atoms with Crippen LogP contribution in [0.25, 0.3) is 11.1 Å². The number of nitrogens with two attached hydrogens (primary N) is 1. The number of anilines is 1. The van der Waals surface area contributed by atoms with E-state index in [0.29, 0.717) is 12.6 Å². The largest absolute Gasteiger partial charge is 0.424 e. The monoisotopic (exact) mass is 331 g/mol. The Bertz CT molecular complexity index is 579. The summed E-state index contributed by atoms with van der Waals surface area (Å²) in [5.74, 6) is 0. The molecule has 4 nitrogen and oxygen atoms in total. The molecule has 0 aliphatic heterocycles. The molecule has 0 aliphatic rings. The summed E-state index contributed by atoms with van der Waals surface area (Å²) >= 11 is 0. The molecule has 0 aliphatic carbocycles. The van der Waals surface area contributed by atoms with Crippen LogP contribution in [0.1, 0.15) is 70.3 Å². The number of oxazole rings is 1. The number of fused-ring (bicyclic) bond motifs is 1. The van der Waals surface area contributed by atoms with E-state index in [1.165, 1.54) is 56.9 Å². The third-order valence-electron chi connectivity index (χ3n) is 4.43. The van der Waals surface area contributed by atoms with Crippen LogP contribution in [0, 0.1) is 0 Å². The topological polar surface area (TPSA) is 64.1 Å². The van der Waals surface area contributed by atoms with Crippen molar-refractivity contribution < 1.29 is 4.42 Å². The van der Waals surface area contributed by atoms with Crippen molar-refractivity contribution in [1.82, 2.24) is 4.98 Å². The van der Waals surface area contributed by atoms with E-state index in [1.807, 2.05) is 6.07 Å². The van der Waals surface area contributed by atoms with Gasteiger partial charge in [0.25, 0.3) is 6.01 Å². The molecule has 2 rings (SSSR count). The fourth-order valence-electron chi connectivity index (χ4n) is 2.96. The van der Waals surface area contributed by atoms with Crippen LogP contribution in [0.5, 0.6) is 0 Å². The first-order chi connectivity index (χ1) is 11.8. The van der Waals surface area contributed by atoms with Gasteiger partial charge in [0.05, 0.1) is 0 Å². The molecule has 134 valence electrons. The Morgan fingerprint density at radius 2 is 1.75 bits per heavy atom. The third-order valence-corrected chi connectivity index (χ3v) is 4.43. The number of aromatic nitrogens is 1. The first-order valence-electron chi connectivity index (χ1n) is 9.67. The Balaban J connectivity index is 1.70. The number of unbranched alkanes of at least 4 members (excludes halogenated alkanes) is 7. The highest BCUT2D eigenvalue weighted by atomic mass is 16.4. The molecule has 0 bridgehead atoms. The van der Waals surface area contributed by atoms with E-state index in [2.05, 4.69) is 29.4 Å². The van der Waals surface area contributed by atoms with Crippen molar-refractivity contribution in [2.24, 2.45) is 5.73 Å². The van der Waals surface area contributed by atoms with Gasteiger partial charge < -0.3 is 15.5 Å². The summed E-state index contributed by atoms with van der Waals surface area (Å²) in [5.41, 5.74) is 8.65. The fourth-order valence-corrected chi connectivity index (χ4v) is 2.96. The molecule has 24 heavy (non-hydrogen) atoms. The average molecular weight is 332 g/mol. The van der Waals surface area contributed by atoms with Gasteiger partial charge >= 0.3 is 0 Å².